The maximum absolute atomic E-state index is 5.17. The summed E-state index contributed by atoms with van der Waals surface area (Å²) in [6.07, 6.45) is 2.41. The fourth-order valence-electron chi connectivity index (χ4n) is 2.37. The van der Waals surface area contributed by atoms with Gasteiger partial charge in [-0.25, -0.2) is 0 Å². The standard InChI is InChI=1S/C15H24N2O/c1-16-10-12-17(13-11-16)9-3-4-14-5-7-15(18-2)8-6-14/h5-8H,3-4,9-13H2,1-2H3. The zero-order chi connectivity index (χ0) is 12.8. The van der Waals surface area contributed by atoms with Gasteiger partial charge in [0.05, 0.1) is 7.11 Å². The highest BCUT2D eigenvalue weighted by molar-refractivity contribution is 5.27. The Morgan fingerprint density at radius 3 is 2.33 bits per heavy atom. The zero-order valence-corrected chi connectivity index (χ0v) is 11.6. The first-order valence-corrected chi connectivity index (χ1v) is 6.82. The minimum Gasteiger partial charge on any atom is -0.497 e. The molecule has 0 amide bonds. The summed E-state index contributed by atoms with van der Waals surface area (Å²) in [6.45, 7) is 6.09. The second kappa shape index (κ2) is 6.76. The van der Waals surface area contributed by atoms with Crippen LogP contribution in [0.1, 0.15) is 12.0 Å². The minimum absolute atomic E-state index is 0.942. The molecular formula is C15H24N2O. The first-order valence-electron chi connectivity index (χ1n) is 6.82. The van der Waals surface area contributed by atoms with E-state index in [-0.39, 0.29) is 0 Å². The molecule has 0 saturated carbocycles. The molecule has 1 aromatic carbocycles. The average Bonchev–Trinajstić information content (AvgIpc) is 2.42. The SMILES string of the molecule is COc1ccc(CCCN2CCN(C)CC2)cc1. The molecule has 0 aromatic heterocycles. The van der Waals surface area contributed by atoms with Crippen molar-refractivity contribution in [2.24, 2.45) is 0 Å². The topological polar surface area (TPSA) is 15.7 Å². The van der Waals surface area contributed by atoms with Gasteiger partial charge in [-0.2, -0.15) is 0 Å². The Bertz CT molecular complexity index is 342. The molecule has 1 saturated heterocycles. The van der Waals surface area contributed by atoms with Gasteiger partial charge in [-0.05, 0) is 44.1 Å². The van der Waals surface area contributed by atoms with E-state index in [0.29, 0.717) is 0 Å². The second-order valence-electron chi connectivity index (χ2n) is 5.10. The Balaban J connectivity index is 1.68. The van der Waals surface area contributed by atoms with Crippen LogP contribution >= 0.6 is 0 Å². The van der Waals surface area contributed by atoms with Crippen molar-refractivity contribution in [3.8, 4) is 5.75 Å². The highest BCUT2D eigenvalue weighted by atomic mass is 16.5. The third-order valence-corrected chi connectivity index (χ3v) is 3.69. The van der Waals surface area contributed by atoms with Gasteiger partial charge in [0, 0.05) is 26.2 Å². The predicted octanol–water partition coefficient (Wildman–Crippen LogP) is 1.88. The van der Waals surface area contributed by atoms with Gasteiger partial charge in [0.2, 0.25) is 0 Å². The number of methoxy groups -OCH3 is 1. The van der Waals surface area contributed by atoms with Crippen LogP contribution in [-0.4, -0.2) is 56.7 Å². The van der Waals surface area contributed by atoms with Gasteiger partial charge >= 0.3 is 0 Å². The number of hydrogen-bond acceptors (Lipinski definition) is 3. The molecule has 0 spiro atoms. The summed E-state index contributed by atoms with van der Waals surface area (Å²) >= 11 is 0. The molecule has 1 aliphatic rings. The van der Waals surface area contributed by atoms with Gasteiger partial charge in [-0.15, -0.1) is 0 Å². The van der Waals surface area contributed by atoms with Crippen LogP contribution in [0.4, 0.5) is 0 Å². The highest BCUT2D eigenvalue weighted by Crippen LogP contribution is 2.13. The van der Waals surface area contributed by atoms with Crippen LogP contribution < -0.4 is 4.74 Å². The fraction of sp³-hybridized carbons (Fsp3) is 0.600. The summed E-state index contributed by atoms with van der Waals surface area (Å²) in [5.41, 5.74) is 1.41. The second-order valence-corrected chi connectivity index (χ2v) is 5.10. The van der Waals surface area contributed by atoms with Crippen molar-refractivity contribution in [2.75, 3.05) is 46.9 Å². The van der Waals surface area contributed by atoms with E-state index in [1.807, 2.05) is 12.1 Å². The summed E-state index contributed by atoms with van der Waals surface area (Å²) in [5, 5.41) is 0. The zero-order valence-electron chi connectivity index (χ0n) is 11.6. The highest BCUT2D eigenvalue weighted by Gasteiger charge is 2.12. The lowest BCUT2D eigenvalue weighted by atomic mass is 10.1. The number of hydrogen-bond donors (Lipinski definition) is 0. The molecule has 0 radical (unpaired) electrons. The number of benzene rings is 1. The molecule has 100 valence electrons. The van der Waals surface area contributed by atoms with Crippen LogP contribution in [0.15, 0.2) is 24.3 Å². The van der Waals surface area contributed by atoms with Crippen LogP contribution in [0, 0.1) is 0 Å². The van der Waals surface area contributed by atoms with Crippen LogP contribution in [0.5, 0.6) is 5.75 Å². The van der Waals surface area contributed by atoms with Crippen LogP contribution in [0.2, 0.25) is 0 Å². The first kappa shape index (κ1) is 13.4. The average molecular weight is 248 g/mol. The lowest BCUT2D eigenvalue weighted by Gasteiger charge is -2.32. The van der Waals surface area contributed by atoms with Gasteiger partial charge in [0.15, 0.2) is 0 Å². The van der Waals surface area contributed by atoms with E-state index >= 15 is 0 Å². The third kappa shape index (κ3) is 4.00. The molecule has 3 heteroatoms. The lowest BCUT2D eigenvalue weighted by Crippen LogP contribution is -2.44. The molecule has 3 nitrogen and oxygen atoms in total. The van der Waals surface area contributed by atoms with Crippen molar-refractivity contribution in [2.45, 2.75) is 12.8 Å². The first-order chi connectivity index (χ1) is 8.78. The van der Waals surface area contributed by atoms with E-state index in [1.54, 1.807) is 7.11 Å². The smallest absolute Gasteiger partial charge is 0.118 e. The maximum Gasteiger partial charge on any atom is 0.118 e. The van der Waals surface area contributed by atoms with Crippen molar-refractivity contribution in [3.05, 3.63) is 29.8 Å². The van der Waals surface area contributed by atoms with E-state index in [4.69, 9.17) is 4.74 Å². The maximum atomic E-state index is 5.17. The van der Waals surface area contributed by atoms with Crippen molar-refractivity contribution < 1.29 is 4.74 Å². The quantitative estimate of drug-likeness (QED) is 0.791. The molecule has 1 heterocycles. The Hall–Kier alpha value is -1.06. The monoisotopic (exact) mass is 248 g/mol. The molecule has 1 aromatic rings. The van der Waals surface area contributed by atoms with E-state index < -0.39 is 0 Å². The van der Waals surface area contributed by atoms with Crippen LogP contribution in [0.3, 0.4) is 0 Å². The fourth-order valence-corrected chi connectivity index (χ4v) is 2.37. The number of aryl methyl sites for hydroxylation is 1. The van der Waals surface area contributed by atoms with E-state index in [1.165, 1.54) is 44.7 Å². The number of nitrogens with zero attached hydrogens (tertiary/aromatic N) is 2. The number of ether oxygens (including phenoxy) is 1. The summed E-state index contributed by atoms with van der Waals surface area (Å²) in [5.74, 6) is 0.942. The molecule has 1 fully saturated rings. The molecule has 1 aliphatic heterocycles. The molecular weight excluding hydrogens is 224 g/mol. The summed E-state index contributed by atoms with van der Waals surface area (Å²) in [7, 11) is 3.91. The lowest BCUT2D eigenvalue weighted by molar-refractivity contribution is 0.153. The Morgan fingerprint density at radius 2 is 1.72 bits per heavy atom. The van der Waals surface area contributed by atoms with Gasteiger partial charge in [0.25, 0.3) is 0 Å². The van der Waals surface area contributed by atoms with E-state index in [0.717, 1.165) is 12.2 Å². The molecule has 0 atom stereocenters. The summed E-state index contributed by atoms with van der Waals surface area (Å²) < 4.78 is 5.17. The van der Waals surface area contributed by atoms with Gasteiger partial charge < -0.3 is 14.5 Å². The van der Waals surface area contributed by atoms with Gasteiger partial charge in [-0.3, -0.25) is 0 Å². The molecule has 0 bridgehead atoms. The van der Waals surface area contributed by atoms with Crippen molar-refractivity contribution >= 4 is 0 Å². The normalized spacial score (nSPS) is 17.9. The van der Waals surface area contributed by atoms with Crippen LogP contribution in [-0.2, 0) is 6.42 Å². The van der Waals surface area contributed by atoms with Crippen molar-refractivity contribution in [3.63, 3.8) is 0 Å². The predicted molar refractivity (Wildman–Crippen MR) is 75.3 cm³/mol. The number of piperazine rings is 1. The van der Waals surface area contributed by atoms with Crippen molar-refractivity contribution in [1.29, 1.82) is 0 Å². The summed E-state index contributed by atoms with van der Waals surface area (Å²) in [4.78, 5) is 4.98. The number of rotatable bonds is 5. The molecule has 2 rings (SSSR count). The molecule has 18 heavy (non-hydrogen) atoms. The van der Waals surface area contributed by atoms with E-state index in [2.05, 4.69) is 29.0 Å². The minimum atomic E-state index is 0.942. The number of likely N-dealkylation sites (N-methyl/N-ethyl adjacent to an activating group) is 1. The third-order valence-electron chi connectivity index (χ3n) is 3.69. The van der Waals surface area contributed by atoms with Gasteiger partial charge in [-0.1, -0.05) is 12.1 Å². The molecule has 0 N–H and O–H groups in total. The van der Waals surface area contributed by atoms with Crippen molar-refractivity contribution in [1.82, 2.24) is 9.80 Å². The molecule has 0 unspecified atom stereocenters. The van der Waals surface area contributed by atoms with E-state index in [9.17, 15) is 0 Å². The Kier molecular flexibility index (Phi) is 5.02. The Labute approximate surface area is 110 Å². The Morgan fingerprint density at radius 1 is 1.06 bits per heavy atom. The largest absolute Gasteiger partial charge is 0.497 e. The summed E-state index contributed by atoms with van der Waals surface area (Å²) in [6, 6.07) is 8.43. The van der Waals surface area contributed by atoms with Crippen LogP contribution in [0.25, 0.3) is 0 Å². The molecule has 0 aliphatic carbocycles. The van der Waals surface area contributed by atoms with Gasteiger partial charge in [0.1, 0.15) is 5.75 Å².